The van der Waals surface area contributed by atoms with Gasteiger partial charge in [0.25, 0.3) is 0 Å². The number of aromatic amines is 1. The Morgan fingerprint density at radius 1 is 1.19 bits per heavy atom. The number of carbonyl (C=O) groups is 1. The molecule has 0 bridgehead atoms. The predicted octanol–water partition coefficient (Wildman–Crippen LogP) is -2.91. The van der Waals surface area contributed by atoms with Crippen LogP contribution in [0.1, 0.15) is 10.5 Å². The van der Waals surface area contributed by atoms with Gasteiger partial charge in [-0.25, -0.2) is 4.39 Å². The van der Waals surface area contributed by atoms with Gasteiger partial charge in [0.1, 0.15) is 5.82 Å². The molecule has 2 rings (SSSR count). The van der Waals surface area contributed by atoms with E-state index in [4.69, 9.17) is 8.42 Å². The first-order chi connectivity index (χ1) is 9.60. The van der Waals surface area contributed by atoms with Crippen LogP contribution in [0, 0.1) is 5.82 Å². The summed E-state index contributed by atoms with van der Waals surface area (Å²) in [5.41, 5.74) is 5.63. The second kappa shape index (κ2) is 12.4. The molecule has 0 spiro atoms. The van der Waals surface area contributed by atoms with E-state index in [2.05, 4.69) is 10.7 Å². The van der Waals surface area contributed by atoms with Gasteiger partial charge in [0.2, 0.25) is 0 Å². The Morgan fingerprint density at radius 3 is 2.10 bits per heavy atom. The molecule has 6 nitrogen and oxygen atoms in total. The van der Waals surface area contributed by atoms with E-state index < -0.39 is 17.5 Å². The minimum Gasteiger partial charge on any atom is -0.543 e. The number of carboxylic acid groups (broad SMARTS) is 1. The normalized spacial score (nSPS) is 8.14. The van der Waals surface area contributed by atoms with Crippen LogP contribution in [0.3, 0.4) is 0 Å². The van der Waals surface area contributed by atoms with Gasteiger partial charge in [-0.15, -0.1) is 0 Å². The monoisotopic (exact) mass is 322 g/mol. The second-order valence-electron chi connectivity index (χ2n) is 3.13. The zero-order valence-corrected chi connectivity index (χ0v) is 14.3. The molecule has 1 heterocycles. The Balaban J connectivity index is 0. The Labute approximate surface area is 146 Å². The molecule has 0 atom stereocenters. The Bertz CT molecular complexity index is 583. The summed E-state index contributed by atoms with van der Waals surface area (Å²) in [5, 5.41) is 10.7. The molecule has 0 radical (unpaired) electrons. The maximum atomic E-state index is 12.7. The van der Waals surface area contributed by atoms with E-state index in [0.717, 1.165) is 0 Å². The van der Waals surface area contributed by atoms with Crippen molar-refractivity contribution < 1.29 is 52.3 Å². The van der Waals surface area contributed by atoms with Crippen molar-refractivity contribution in [2.24, 2.45) is 5.73 Å². The Hall–Kier alpha value is -1.32. The van der Waals surface area contributed by atoms with Crippen LogP contribution in [-0.2, 0) is 11.6 Å². The maximum absolute atomic E-state index is 12.7. The smallest absolute Gasteiger partial charge is 0.543 e. The van der Waals surface area contributed by atoms with Gasteiger partial charge >= 0.3 is 41.1 Å². The van der Waals surface area contributed by atoms with Crippen molar-refractivity contribution in [2.75, 3.05) is 7.05 Å². The van der Waals surface area contributed by atoms with Crippen molar-refractivity contribution in [2.45, 2.75) is 0 Å². The van der Waals surface area contributed by atoms with Crippen LogP contribution in [0.25, 0.3) is 11.1 Å². The number of carbonyl (C=O) groups excluding carboxylic acids is 1. The number of benzene rings is 1. The van der Waals surface area contributed by atoms with E-state index in [-0.39, 0.29) is 41.1 Å². The summed E-state index contributed by atoms with van der Waals surface area (Å²) in [5.74, 6) is -1.64. The fourth-order valence-corrected chi connectivity index (χ4v) is 1.41. The number of nitrogens with two attached hydrogens (primary N) is 1. The average molecular weight is 322 g/mol. The Morgan fingerprint density at radius 2 is 1.67 bits per heavy atom. The minimum atomic E-state index is -1.28. The van der Waals surface area contributed by atoms with Crippen molar-refractivity contribution in [3.05, 3.63) is 48.0 Å². The fourth-order valence-electron chi connectivity index (χ4n) is 1.41. The third-order valence-corrected chi connectivity index (χ3v) is 2.11. The molecule has 0 fully saturated rings. The standard InChI is InChI=1S/C11H8FNO2.CH5N.Na.O2S/c12-8-3-1-7(2-4-8)9-5-6-13-10(9)11(14)15;1-2;;1-3-2/h1-6,13H,(H,14,15);2H2,1H3;;/q;;+1;/p-1. The predicted molar refractivity (Wildman–Crippen MR) is 69.5 cm³/mol. The number of hydrogen-bond acceptors (Lipinski definition) is 5. The first kappa shape index (κ1) is 22.0. The van der Waals surface area contributed by atoms with Crippen molar-refractivity contribution in [1.82, 2.24) is 4.98 Å². The summed E-state index contributed by atoms with van der Waals surface area (Å²) in [4.78, 5) is 13.3. The quantitative estimate of drug-likeness (QED) is 0.575. The van der Waals surface area contributed by atoms with Crippen LogP contribution in [0.2, 0.25) is 0 Å². The molecule has 1 aromatic carbocycles. The number of halogens is 1. The van der Waals surface area contributed by atoms with Crippen LogP contribution < -0.4 is 40.4 Å². The summed E-state index contributed by atoms with van der Waals surface area (Å²) < 4.78 is 29.2. The molecule has 0 aliphatic carbocycles. The van der Waals surface area contributed by atoms with Crippen LogP contribution in [0.4, 0.5) is 4.39 Å². The van der Waals surface area contributed by atoms with Crippen molar-refractivity contribution in [3.63, 3.8) is 0 Å². The molecule has 0 aliphatic rings. The number of nitrogens with one attached hydrogen (secondary N) is 1. The zero-order chi connectivity index (χ0) is 15.5. The van der Waals surface area contributed by atoms with Gasteiger partial charge in [-0.3, -0.25) is 0 Å². The summed E-state index contributed by atoms with van der Waals surface area (Å²) in [6.07, 6.45) is 1.50. The van der Waals surface area contributed by atoms with E-state index in [9.17, 15) is 14.3 Å². The van der Waals surface area contributed by atoms with Crippen LogP contribution in [0.15, 0.2) is 36.5 Å². The summed E-state index contributed by atoms with van der Waals surface area (Å²) in [6.45, 7) is 0. The maximum Gasteiger partial charge on any atom is 1.00 e. The van der Waals surface area contributed by atoms with E-state index in [1.54, 1.807) is 6.07 Å². The minimum absolute atomic E-state index is 0. The number of aromatic nitrogens is 1. The molecule has 1 aromatic heterocycles. The number of aromatic carboxylic acids is 1. The molecular weight excluding hydrogens is 310 g/mol. The SMILES string of the molecule is CN.O=C([O-])c1[nH]ccc1-c1ccc(F)cc1.O=S=O.[Na+]. The molecule has 0 saturated carbocycles. The number of H-pyrrole nitrogens is 1. The van der Waals surface area contributed by atoms with Gasteiger partial charge in [0, 0.05) is 11.8 Å². The molecule has 0 unspecified atom stereocenters. The van der Waals surface area contributed by atoms with Gasteiger partial charge in [-0.1, -0.05) is 12.1 Å². The molecule has 0 saturated heterocycles. The summed E-state index contributed by atoms with van der Waals surface area (Å²) in [7, 11) is 1.50. The summed E-state index contributed by atoms with van der Waals surface area (Å²) >= 11 is -0.750. The number of carboxylic acids is 1. The average Bonchev–Trinajstić information content (AvgIpc) is 2.92. The molecule has 21 heavy (non-hydrogen) atoms. The van der Waals surface area contributed by atoms with Crippen LogP contribution in [-0.4, -0.2) is 26.4 Å². The van der Waals surface area contributed by atoms with E-state index in [0.29, 0.717) is 11.1 Å². The fraction of sp³-hybridized carbons (Fsp3) is 0.0833. The molecular formula is C12H12FN2NaO4S. The van der Waals surface area contributed by atoms with E-state index in [1.165, 1.54) is 37.5 Å². The van der Waals surface area contributed by atoms with E-state index >= 15 is 0 Å². The third-order valence-electron chi connectivity index (χ3n) is 2.11. The Kier molecular flexibility index (Phi) is 13.0. The van der Waals surface area contributed by atoms with Gasteiger partial charge in [-0.2, -0.15) is 8.42 Å². The molecule has 0 amide bonds. The van der Waals surface area contributed by atoms with Gasteiger partial charge in [0.15, 0.2) is 0 Å². The molecule has 0 aliphatic heterocycles. The second-order valence-corrected chi connectivity index (χ2v) is 3.26. The van der Waals surface area contributed by atoms with Crippen molar-refractivity contribution in [3.8, 4) is 11.1 Å². The summed E-state index contributed by atoms with van der Waals surface area (Å²) in [6, 6.07) is 7.21. The van der Waals surface area contributed by atoms with Gasteiger partial charge in [-0.05, 0) is 30.8 Å². The number of hydrogen-bond donors (Lipinski definition) is 2. The first-order valence-corrected chi connectivity index (χ1v) is 5.91. The van der Waals surface area contributed by atoms with Gasteiger partial charge < -0.3 is 20.6 Å². The molecule has 108 valence electrons. The van der Waals surface area contributed by atoms with Crippen molar-refractivity contribution in [1.29, 1.82) is 0 Å². The largest absolute Gasteiger partial charge is 1.00 e. The molecule has 3 N–H and O–H groups in total. The third kappa shape index (κ3) is 7.30. The van der Waals surface area contributed by atoms with Crippen LogP contribution >= 0.6 is 0 Å². The topological polar surface area (TPSA) is 116 Å². The van der Waals surface area contributed by atoms with Crippen LogP contribution in [0.5, 0.6) is 0 Å². The molecule has 9 heteroatoms. The van der Waals surface area contributed by atoms with Gasteiger partial charge in [0.05, 0.1) is 11.7 Å². The van der Waals surface area contributed by atoms with Crippen molar-refractivity contribution >= 4 is 17.5 Å². The number of rotatable bonds is 2. The first-order valence-electron chi connectivity index (χ1n) is 5.24. The van der Waals surface area contributed by atoms with E-state index in [1.807, 2.05) is 0 Å². The molecule has 2 aromatic rings. The zero-order valence-electron chi connectivity index (χ0n) is 11.5.